The molecule has 3 aromatic carbocycles. The Kier molecular flexibility index (Phi) is 5.43. The smallest absolute Gasteiger partial charge is 0.258 e. The van der Waals surface area contributed by atoms with Gasteiger partial charge in [-0.3, -0.25) is 14.9 Å². The van der Waals surface area contributed by atoms with Crippen LogP contribution in [0.2, 0.25) is 0 Å². The Labute approximate surface area is 196 Å². The number of carbonyl (C=O) groups is 2. The van der Waals surface area contributed by atoms with Gasteiger partial charge in [0.25, 0.3) is 5.91 Å². The van der Waals surface area contributed by atoms with Gasteiger partial charge in [-0.15, -0.1) is 0 Å². The molecule has 4 N–H and O–H groups in total. The molecule has 5 rings (SSSR count). The summed E-state index contributed by atoms with van der Waals surface area (Å²) in [4.78, 5) is 31.8. The minimum absolute atomic E-state index is 0.137. The van der Waals surface area contributed by atoms with Crippen LogP contribution in [0.4, 0.5) is 17.3 Å². The van der Waals surface area contributed by atoms with Crippen molar-refractivity contribution < 1.29 is 9.59 Å². The number of hydrogen-bond acceptors (Lipinski definition) is 4. The first-order valence-corrected chi connectivity index (χ1v) is 10.9. The van der Waals surface area contributed by atoms with E-state index in [1.54, 1.807) is 0 Å². The third-order valence-corrected chi connectivity index (χ3v) is 5.59. The zero-order valence-electron chi connectivity index (χ0n) is 18.8. The molecular formula is C27H23N5O2. The fourth-order valence-corrected chi connectivity index (χ4v) is 4.07. The van der Waals surface area contributed by atoms with E-state index in [4.69, 9.17) is 0 Å². The van der Waals surface area contributed by atoms with Crippen LogP contribution in [0, 0.1) is 6.92 Å². The van der Waals surface area contributed by atoms with Crippen molar-refractivity contribution in [2.75, 3.05) is 16.0 Å². The number of para-hydroxylation sites is 1. The summed E-state index contributed by atoms with van der Waals surface area (Å²) in [6.45, 7) is 3.35. The molecule has 0 saturated heterocycles. The quantitative estimate of drug-likeness (QED) is 0.312. The largest absolute Gasteiger partial charge is 0.354 e. The number of benzene rings is 3. The zero-order valence-corrected chi connectivity index (χ0v) is 18.8. The van der Waals surface area contributed by atoms with E-state index >= 15 is 0 Å². The molecule has 2 amide bonds. The number of aromatic nitrogens is 2. The fourth-order valence-electron chi connectivity index (χ4n) is 4.07. The monoisotopic (exact) mass is 449 g/mol. The van der Waals surface area contributed by atoms with Gasteiger partial charge in [0.15, 0.2) is 0 Å². The number of aryl methyl sites for hydroxylation is 1. The summed E-state index contributed by atoms with van der Waals surface area (Å²) in [5, 5.41) is 9.10. The van der Waals surface area contributed by atoms with E-state index in [9.17, 15) is 9.59 Å². The Morgan fingerprint density at radius 3 is 2.32 bits per heavy atom. The van der Waals surface area contributed by atoms with Crippen molar-refractivity contribution in [3.8, 4) is 11.3 Å². The lowest BCUT2D eigenvalue weighted by atomic mass is 10.00. The third-order valence-electron chi connectivity index (χ3n) is 5.59. The molecule has 34 heavy (non-hydrogen) atoms. The minimum Gasteiger partial charge on any atom is -0.354 e. The number of fused-ring (bicyclic) bond motifs is 1. The van der Waals surface area contributed by atoms with Crippen LogP contribution in [-0.4, -0.2) is 21.8 Å². The first-order chi connectivity index (χ1) is 16.5. The van der Waals surface area contributed by atoms with Gasteiger partial charge in [0, 0.05) is 35.1 Å². The van der Waals surface area contributed by atoms with E-state index in [0.717, 1.165) is 45.2 Å². The number of amides is 2. The Morgan fingerprint density at radius 2 is 1.59 bits per heavy atom. The number of carbonyl (C=O) groups excluding carboxylic acids is 2. The molecular weight excluding hydrogens is 426 g/mol. The molecule has 0 saturated carbocycles. The topological polar surface area (TPSA) is 98.9 Å². The Bertz CT molecular complexity index is 1420. The van der Waals surface area contributed by atoms with Crippen LogP contribution in [0.5, 0.6) is 0 Å². The van der Waals surface area contributed by atoms with Crippen LogP contribution >= 0.6 is 0 Å². The van der Waals surface area contributed by atoms with Crippen LogP contribution < -0.4 is 16.0 Å². The molecule has 0 aliphatic carbocycles. The minimum atomic E-state index is -0.182. The molecule has 7 heteroatoms. The molecule has 0 atom stereocenters. The lowest BCUT2D eigenvalue weighted by Gasteiger charge is -2.15. The molecule has 2 heterocycles. The van der Waals surface area contributed by atoms with E-state index in [2.05, 4.69) is 25.9 Å². The number of rotatable bonds is 5. The molecule has 1 aromatic heterocycles. The number of H-pyrrole nitrogens is 1. The summed E-state index contributed by atoms with van der Waals surface area (Å²) >= 11 is 0. The molecule has 7 nitrogen and oxygen atoms in total. The maximum atomic E-state index is 12.9. The van der Waals surface area contributed by atoms with Gasteiger partial charge in [-0.1, -0.05) is 60.7 Å². The molecule has 0 fully saturated rings. The fraction of sp³-hybridized carbons (Fsp3) is 0.0741. The lowest BCUT2D eigenvalue weighted by Crippen LogP contribution is -2.10. The number of hydrogen-bond donors (Lipinski definition) is 4. The highest BCUT2D eigenvalue weighted by molar-refractivity contribution is 6.37. The summed E-state index contributed by atoms with van der Waals surface area (Å²) in [6.07, 6.45) is 0. The molecule has 168 valence electrons. The summed E-state index contributed by atoms with van der Waals surface area (Å²) in [5.74, 6) is 0.102. The molecule has 1 aliphatic rings. The number of imidazole rings is 1. The average Bonchev–Trinajstić information content (AvgIpc) is 3.36. The van der Waals surface area contributed by atoms with E-state index in [-0.39, 0.29) is 11.8 Å². The summed E-state index contributed by atoms with van der Waals surface area (Å²) in [5.41, 5.74) is 7.29. The van der Waals surface area contributed by atoms with Crippen molar-refractivity contribution in [1.82, 2.24) is 9.97 Å². The first-order valence-electron chi connectivity index (χ1n) is 10.9. The number of anilines is 3. The van der Waals surface area contributed by atoms with E-state index in [1.165, 1.54) is 6.92 Å². The van der Waals surface area contributed by atoms with Crippen LogP contribution in [-0.2, 0) is 9.59 Å². The van der Waals surface area contributed by atoms with Gasteiger partial charge in [-0.05, 0) is 30.7 Å². The molecule has 4 aromatic rings. The first kappa shape index (κ1) is 21.2. The van der Waals surface area contributed by atoms with Gasteiger partial charge in [0.1, 0.15) is 0 Å². The number of nitrogens with zero attached hydrogens (tertiary/aromatic N) is 1. The van der Waals surface area contributed by atoms with Gasteiger partial charge < -0.3 is 15.6 Å². The van der Waals surface area contributed by atoms with E-state index in [1.807, 2.05) is 85.8 Å². The highest BCUT2D eigenvalue weighted by Gasteiger charge is 2.28. The van der Waals surface area contributed by atoms with E-state index < -0.39 is 0 Å². The number of nitrogens with one attached hydrogen (secondary N) is 4. The van der Waals surface area contributed by atoms with Gasteiger partial charge >= 0.3 is 0 Å². The van der Waals surface area contributed by atoms with Crippen molar-refractivity contribution >= 4 is 40.4 Å². The summed E-state index contributed by atoms with van der Waals surface area (Å²) in [6, 6.07) is 25.3. The van der Waals surface area contributed by atoms with Gasteiger partial charge in [-0.25, -0.2) is 4.98 Å². The highest BCUT2D eigenvalue weighted by Crippen LogP contribution is 2.37. The van der Waals surface area contributed by atoms with Crippen LogP contribution in [0.1, 0.15) is 23.7 Å². The molecule has 1 aliphatic heterocycles. The Hall–Kier alpha value is -4.65. The van der Waals surface area contributed by atoms with Crippen molar-refractivity contribution in [2.45, 2.75) is 13.8 Å². The lowest BCUT2D eigenvalue weighted by molar-refractivity contribution is -0.114. The normalized spacial score (nSPS) is 13.8. The van der Waals surface area contributed by atoms with Crippen LogP contribution in [0.25, 0.3) is 22.5 Å². The van der Waals surface area contributed by atoms with Gasteiger partial charge in [0.2, 0.25) is 11.9 Å². The average molecular weight is 450 g/mol. The van der Waals surface area contributed by atoms with Crippen LogP contribution in [0.3, 0.4) is 0 Å². The molecule has 0 bridgehead atoms. The number of aromatic amines is 1. The predicted molar refractivity (Wildman–Crippen MR) is 135 cm³/mol. The zero-order chi connectivity index (χ0) is 23.7. The summed E-state index contributed by atoms with van der Waals surface area (Å²) in [7, 11) is 0. The molecule has 0 unspecified atom stereocenters. The molecule has 0 spiro atoms. The van der Waals surface area contributed by atoms with Gasteiger partial charge in [-0.2, -0.15) is 0 Å². The maximum Gasteiger partial charge on any atom is 0.258 e. The highest BCUT2D eigenvalue weighted by atomic mass is 16.2. The Morgan fingerprint density at radius 1 is 0.882 bits per heavy atom. The second-order valence-electron chi connectivity index (χ2n) is 8.06. The maximum absolute atomic E-state index is 12.9. The van der Waals surface area contributed by atoms with Crippen LogP contribution in [0.15, 0.2) is 78.9 Å². The third kappa shape index (κ3) is 4.06. The second-order valence-corrected chi connectivity index (χ2v) is 8.06. The van der Waals surface area contributed by atoms with Crippen molar-refractivity contribution in [3.63, 3.8) is 0 Å². The standard InChI is InChI=1S/C27H23N5O2/c1-16-24(32-27(28-16)29-17(2)33)19-12-14-20(15-13-19)30-25(18-8-4-3-5-9-18)23-21-10-6-7-11-22(21)31-26(23)34/h3-15,30H,1-2H3,(H,31,34)(H2,28,29,32,33)/b25-23-. The van der Waals surface area contributed by atoms with Crippen molar-refractivity contribution in [3.05, 3.63) is 95.7 Å². The van der Waals surface area contributed by atoms with Gasteiger partial charge in [0.05, 0.1) is 17.0 Å². The SMILES string of the molecule is CC(=O)Nc1nc(-c2ccc(N/C(=C3\C(=O)Nc4ccccc43)c3ccccc3)cc2)c(C)[nH]1. The van der Waals surface area contributed by atoms with Crippen molar-refractivity contribution in [2.24, 2.45) is 0 Å². The Balaban J connectivity index is 1.51. The van der Waals surface area contributed by atoms with Crippen molar-refractivity contribution in [1.29, 1.82) is 0 Å². The predicted octanol–water partition coefficient (Wildman–Crippen LogP) is 5.28. The molecule has 0 radical (unpaired) electrons. The van der Waals surface area contributed by atoms with E-state index in [0.29, 0.717) is 11.5 Å². The second kappa shape index (κ2) is 8.71. The summed E-state index contributed by atoms with van der Waals surface area (Å²) < 4.78 is 0.